The Morgan fingerprint density at radius 1 is 1.40 bits per heavy atom. The fraction of sp³-hybridized carbons (Fsp3) is 0.455. The molecule has 0 aromatic heterocycles. The van der Waals surface area contributed by atoms with Crippen LogP contribution in [0.4, 0.5) is 0 Å². The third-order valence-electron chi connectivity index (χ3n) is 1.93. The number of hydrogen-bond donors (Lipinski definition) is 2. The Kier molecular flexibility index (Phi) is 5.86. The van der Waals surface area contributed by atoms with E-state index in [1.165, 1.54) is 0 Å². The first-order valence-electron chi connectivity index (χ1n) is 4.87. The Bertz CT molecular complexity index is 276. The van der Waals surface area contributed by atoms with Crippen molar-refractivity contribution in [1.29, 1.82) is 0 Å². The first-order chi connectivity index (χ1) is 7.22. The highest BCUT2D eigenvalue weighted by atomic mass is 79.9. The van der Waals surface area contributed by atoms with Gasteiger partial charge in [-0.2, -0.15) is 0 Å². The maximum atomic E-state index is 9.38. The van der Waals surface area contributed by atoms with Gasteiger partial charge in [0.15, 0.2) is 0 Å². The molecule has 15 heavy (non-hydrogen) atoms. The molecule has 0 fully saturated rings. The summed E-state index contributed by atoms with van der Waals surface area (Å²) in [4.78, 5) is 0. The van der Waals surface area contributed by atoms with E-state index in [0.29, 0.717) is 19.8 Å². The van der Waals surface area contributed by atoms with E-state index in [0.717, 1.165) is 10.0 Å². The van der Waals surface area contributed by atoms with Crippen molar-refractivity contribution in [2.24, 2.45) is 0 Å². The van der Waals surface area contributed by atoms with Crippen LogP contribution >= 0.6 is 15.9 Å². The smallest absolute Gasteiger partial charge is 0.0897 e. The van der Waals surface area contributed by atoms with Crippen molar-refractivity contribution in [2.75, 3.05) is 20.2 Å². The molecule has 0 saturated carbocycles. The molecule has 3 nitrogen and oxygen atoms in total. The zero-order valence-corrected chi connectivity index (χ0v) is 10.3. The van der Waals surface area contributed by atoms with E-state index < -0.39 is 6.10 Å². The van der Waals surface area contributed by atoms with Crippen LogP contribution in [0.25, 0.3) is 0 Å². The average Bonchev–Trinajstić information content (AvgIpc) is 2.21. The fourth-order valence-corrected chi connectivity index (χ4v) is 1.45. The van der Waals surface area contributed by atoms with Crippen LogP contribution in [0.5, 0.6) is 0 Å². The summed E-state index contributed by atoms with van der Waals surface area (Å²) < 4.78 is 6.43. The average molecular weight is 274 g/mol. The molecule has 1 aromatic rings. The Balaban J connectivity index is 2.22. The summed E-state index contributed by atoms with van der Waals surface area (Å²) in [6, 6.07) is 7.94. The summed E-state index contributed by atoms with van der Waals surface area (Å²) >= 11 is 3.37. The number of rotatable bonds is 6. The van der Waals surface area contributed by atoms with Gasteiger partial charge < -0.3 is 15.2 Å². The molecule has 1 rings (SSSR count). The lowest BCUT2D eigenvalue weighted by atomic mass is 10.2. The van der Waals surface area contributed by atoms with Gasteiger partial charge in [-0.05, 0) is 24.7 Å². The number of likely N-dealkylation sites (N-methyl/N-ethyl adjacent to an activating group) is 1. The molecule has 1 atom stereocenters. The van der Waals surface area contributed by atoms with E-state index in [2.05, 4.69) is 21.2 Å². The number of aliphatic hydroxyl groups excluding tert-OH is 1. The van der Waals surface area contributed by atoms with E-state index in [4.69, 9.17) is 4.74 Å². The van der Waals surface area contributed by atoms with Gasteiger partial charge in [0, 0.05) is 11.0 Å². The second kappa shape index (κ2) is 6.95. The van der Waals surface area contributed by atoms with Crippen LogP contribution in [0.3, 0.4) is 0 Å². The van der Waals surface area contributed by atoms with Gasteiger partial charge in [-0.15, -0.1) is 0 Å². The maximum absolute atomic E-state index is 9.38. The molecule has 0 radical (unpaired) electrons. The predicted octanol–water partition coefficient (Wildman–Crippen LogP) is 1.55. The highest BCUT2D eigenvalue weighted by Crippen LogP contribution is 2.11. The molecule has 0 aliphatic rings. The second-order valence-corrected chi connectivity index (χ2v) is 4.27. The van der Waals surface area contributed by atoms with Crippen molar-refractivity contribution in [3.8, 4) is 0 Å². The SMILES string of the molecule is CNCC(O)COCc1ccc(Br)cc1. The molecule has 0 amide bonds. The molecule has 1 unspecified atom stereocenters. The van der Waals surface area contributed by atoms with Crippen LogP contribution in [0, 0.1) is 0 Å². The fourth-order valence-electron chi connectivity index (χ4n) is 1.19. The van der Waals surface area contributed by atoms with Crippen molar-refractivity contribution in [2.45, 2.75) is 12.7 Å². The van der Waals surface area contributed by atoms with Gasteiger partial charge in [-0.3, -0.25) is 0 Å². The summed E-state index contributed by atoms with van der Waals surface area (Å²) in [6.07, 6.45) is -0.439. The third kappa shape index (κ3) is 5.28. The molecule has 0 aliphatic carbocycles. The topological polar surface area (TPSA) is 41.5 Å². The van der Waals surface area contributed by atoms with Gasteiger partial charge in [0.05, 0.1) is 19.3 Å². The monoisotopic (exact) mass is 273 g/mol. The molecule has 0 spiro atoms. The van der Waals surface area contributed by atoms with E-state index in [1.54, 1.807) is 7.05 Å². The number of hydrogen-bond acceptors (Lipinski definition) is 3. The summed E-state index contributed by atoms with van der Waals surface area (Å²) in [7, 11) is 1.80. The number of benzene rings is 1. The molecule has 4 heteroatoms. The quantitative estimate of drug-likeness (QED) is 0.827. The van der Waals surface area contributed by atoms with Gasteiger partial charge >= 0.3 is 0 Å². The predicted molar refractivity (Wildman–Crippen MR) is 63.7 cm³/mol. The molecule has 0 aliphatic heterocycles. The van der Waals surface area contributed by atoms with E-state index in [1.807, 2.05) is 24.3 Å². The first-order valence-corrected chi connectivity index (χ1v) is 5.66. The van der Waals surface area contributed by atoms with Gasteiger partial charge in [-0.1, -0.05) is 28.1 Å². The van der Waals surface area contributed by atoms with Gasteiger partial charge in [0.1, 0.15) is 0 Å². The van der Waals surface area contributed by atoms with Crippen molar-refractivity contribution in [3.05, 3.63) is 34.3 Å². The summed E-state index contributed by atoms with van der Waals surface area (Å²) in [5, 5.41) is 12.3. The van der Waals surface area contributed by atoms with Crippen molar-refractivity contribution in [1.82, 2.24) is 5.32 Å². The maximum Gasteiger partial charge on any atom is 0.0897 e. The van der Waals surface area contributed by atoms with Crippen LogP contribution < -0.4 is 5.32 Å². The van der Waals surface area contributed by atoms with Crippen molar-refractivity contribution < 1.29 is 9.84 Å². The van der Waals surface area contributed by atoms with Crippen molar-refractivity contribution >= 4 is 15.9 Å². The summed E-state index contributed by atoms with van der Waals surface area (Å²) in [5.41, 5.74) is 1.11. The minimum Gasteiger partial charge on any atom is -0.389 e. The second-order valence-electron chi connectivity index (χ2n) is 3.35. The Morgan fingerprint density at radius 2 is 2.07 bits per heavy atom. The van der Waals surface area contributed by atoms with Gasteiger partial charge in [0.2, 0.25) is 0 Å². The number of nitrogens with one attached hydrogen (secondary N) is 1. The zero-order valence-electron chi connectivity index (χ0n) is 8.74. The Labute approximate surface area is 98.6 Å². The van der Waals surface area contributed by atoms with Crippen LogP contribution in [0.1, 0.15) is 5.56 Å². The number of ether oxygens (including phenoxy) is 1. The normalized spacial score (nSPS) is 12.7. The third-order valence-corrected chi connectivity index (χ3v) is 2.46. The number of aliphatic hydroxyl groups is 1. The lowest BCUT2D eigenvalue weighted by Crippen LogP contribution is -2.27. The van der Waals surface area contributed by atoms with Gasteiger partial charge in [-0.25, -0.2) is 0 Å². The minimum absolute atomic E-state index is 0.358. The Morgan fingerprint density at radius 3 is 2.67 bits per heavy atom. The molecule has 2 N–H and O–H groups in total. The lowest BCUT2D eigenvalue weighted by Gasteiger charge is -2.10. The first kappa shape index (κ1) is 12.6. The molecule has 0 saturated heterocycles. The molecule has 0 bridgehead atoms. The molecule has 1 aromatic carbocycles. The summed E-state index contributed by atoms with van der Waals surface area (Å²) in [6.45, 7) is 1.45. The van der Waals surface area contributed by atoms with Crippen LogP contribution in [0.2, 0.25) is 0 Å². The summed E-state index contributed by atoms with van der Waals surface area (Å²) in [5.74, 6) is 0. The van der Waals surface area contributed by atoms with E-state index in [-0.39, 0.29) is 0 Å². The largest absolute Gasteiger partial charge is 0.389 e. The van der Waals surface area contributed by atoms with E-state index in [9.17, 15) is 5.11 Å². The van der Waals surface area contributed by atoms with Crippen LogP contribution in [-0.4, -0.2) is 31.4 Å². The highest BCUT2D eigenvalue weighted by Gasteiger charge is 2.02. The van der Waals surface area contributed by atoms with Gasteiger partial charge in [0.25, 0.3) is 0 Å². The Hall–Kier alpha value is -0.420. The molecular formula is C11H16BrNO2. The van der Waals surface area contributed by atoms with Crippen LogP contribution in [-0.2, 0) is 11.3 Å². The van der Waals surface area contributed by atoms with Crippen molar-refractivity contribution in [3.63, 3.8) is 0 Å². The number of halogens is 1. The molecule has 0 heterocycles. The standard InChI is InChI=1S/C11H16BrNO2/c1-13-6-11(14)8-15-7-9-2-4-10(12)5-3-9/h2-5,11,13-14H,6-8H2,1H3. The molecular weight excluding hydrogens is 258 g/mol. The zero-order chi connectivity index (χ0) is 11.1. The van der Waals surface area contributed by atoms with E-state index >= 15 is 0 Å². The molecule has 84 valence electrons. The minimum atomic E-state index is -0.439. The lowest BCUT2D eigenvalue weighted by molar-refractivity contribution is 0.0297. The van der Waals surface area contributed by atoms with Crippen LogP contribution in [0.15, 0.2) is 28.7 Å². The highest BCUT2D eigenvalue weighted by molar-refractivity contribution is 9.10.